The first-order valence-electron chi connectivity index (χ1n) is 7.59. The number of aliphatic hydroxyl groups is 1. The van der Waals surface area contributed by atoms with E-state index in [0.717, 1.165) is 31.2 Å². The van der Waals surface area contributed by atoms with Gasteiger partial charge in [-0.05, 0) is 49.4 Å². The Labute approximate surface area is 110 Å². The summed E-state index contributed by atoms with van der Waals surface area (Å²) in [4.78, 5) is 14.4. The molecule has 3 aliphatic rings. The summed E-state index contributed by atoms with van der Waals surface area (Å²) in [7, 11) is 0. The van der Waals surface area contributed by atoms with Crippen LogP contribution < -0.4 is 0 Å². The van der Waals surface area contributed by atoms with Crippen molar-refractivity contribution in [3.05, 3.63) is 0 Å². The van der Waals surface area contributed by atoms with Crippen LogP contribution in [-0.2, 0) is 4.79 Å². The molecule has 0 spiro atoms. The average Bonchev–Trinajstić information content (AvgIpc) is 3.03. The minimum Gasteiger partial charge on any atom is -0.394 e. The molecule has 0 aromatic carbocycles. The first-order chi connectivity index (χ1) is 8.69. The fraction of sp³-hybridized carbons (Fsp3) is 0.933. The minimum atomic E-state index is 0.0797. The number of rotatable bonds is 3. The molecule has 2 bridgehead atoms. The molecule has 3 rings (SSSR count). The Balaban J connectivity index is 1.58. The van der Waals surface area contributed by atoms with Crippen molar-refractivity contribution in [3.8, 4) is 0 Å². The Morgan fingerprint density at radius 3 is 2.72 bits per heavy atom. The monoisotopic (exact) mass is 251 g/mol. The van der Waals surface area contributed by atoms with Crippen LogP contribution in [0.15, 0.2) is 0 Å². The molecule has 5 atom stereocenters. The number of carbonyl (C=O) groups excluding carboxylic acids is 1. The predicted octanol–water partition coefficient (Wildman–Crippen LogP) is 2.04. The number of hydrogen-bond donors (Lipinski definition) is 1. The van der Waals surface area contributed by atoms with Gasteiger partial charge in [0.1, 0.15) is 0 Å². The number of nitrogens with zero attached hydrogens (tertiary/aromatic N) is 1. The summed E-state index contributed by atoms with van der Waals surface area (Å²) in [5.41, 5.74) is 0. The maximum absolute atomic E-state index is 12.4. The molecule has 3 heteroatoms. The lowest BCUT2D eigenvalue weighted by molar-refractivity contribution is -0.134. The van der Waals surface area contributed by atoms with Gasteiger partial charge in [-0.25, -0.2) is 0 Å². The highest BCUT2D eigenvalue weighted by atomic mass is 16.3. The van der Waals surface area contributed by atoms with Gasteiger partial charge in [-0.2, -0.15) is 0 Å². The molecule has 1 N–H and O–H groups in total. The van der Waals surface area contributed by atoms with Gasteiger partial charge in [0.15, 0.2) is 0 Å². The van der Waals surface area contributed by atoms with E-state index in [1.807, 2.05) is 4.90 Å². The molecule has 3 nitrogen and oxygen atoms in total. The maximum atomic E-state index is 12.4. The van der Waals surface area contributed by atoms with Gasteiger partial charge >= 0.3 is 0 Å². The largest absolute Gasteiger partial charge is 0.394 e. The van der Waals surface area contributed by atoms with E-state index < -0.39 is 0 Å². The van der Waals surface area contributed by atoms with Crippen LogP contribution in [0.5, 0.6) is 0 Å². The second-order valence-corrected chi connectivity index (χ2v) is 6.74. The predicted molar refractivity (Wildman–Crippen MR) is 69.9 cm³/mol. The molecule has 102 valence electrons. The zero-order valence-corrected chi connectivity index (χ0v) is 11.3. The van der Waals surface area contributed by atoms with E-state index in [4.69, 9.17) is 0 Å². The van der Waals surface area contributed by atoms with Gasteiger partial charge < -0.3 is 10.0 Å². The molecule has 18 heavy (non-hydrogen) atoms. The Kier molecular flexibility index (Phi) is 3.35. The Bertz CT molecular complexity index is 330. The Hall–Kier alpha value is -0.570. The van der Waals surface area contributed by atoms with Crippen molar-refractivity contribution in [1.82, 2.24) is 4.90 Å². The molecule has 0 radical (unpaired) electrons. The number of hydrogen-bond acceptors (Lipinski definition) is 2. The minimum absolute atomic E-state index is 0.0797. The normalized spacial score (nSPS) is 42.8. The standard InChI is InChI=1S/C15H25NO2/c1-10-4-5-16(14(10)9-17)15(18)8-13-7-11-2-3-12(13)6-11/h10-14,17H,2-9H2,1H3. The summed E-state index contributed by atoms with van der Waals surface area (Å²) in [5.74, 6) is 3.15. The summed E-state index contributed by atoms with van der Waals surface area (Å²) in [5, 5.41) is 9.43. The van der Waals surface area contributed by atoms with Crippen molar-refractivity contribution in [2.24, 2.45) is 23.7 Å². The van der Waals surface area contributed by atoms with E-state index in [1.54, 1.807) is 0 Å². The van der Waals surface area contributed by atoms with Crippen molar-refractivity contribution in [2.45, 2.75) is 51.5 Å². The van der Waals surface area contributed by atoms with Gasteiger partial charge in [0.2, 0.25) is 5.91 Å². The maximum Gasteiger partial charge on any atom is 0.223 e. The number of aliphatic hydroxyl groups excluding tert-OH is 1. The van der Waals surface area contributed by atoms with Crippen LogP contribution in [-0.4, -0.2) is 35.1 Å². The van der Waals surface area contributed by atoms with Crippen LogP contribution in [0.3, 0.4) is 0 Å². The van der Waals surface area contributed by atoms with E-state index in [9.17, 15) is 9.90 Å². The lowest BCUT2D eigenvalue weighted by atomic mass is 9.86. The van der Waals surface area contributed by atoms with E-state index in [0.29, 0.717) is 17.7 Å². The van der Waals surface area contributed by atoms with Gasteiger partial charge in [0.05, 0.1) is 12.6 Å². The molecule has 1 amide bonds. The fourth-order valence-corrected chi connectivity index (χ4v) is 4.56. The van der Waals surface area contributed by atoms with Gasteiger partial charge in [0, 0.05) is 13.0 Å². The van der Waals surface area contributed by atoms with E-state index >= 15 is 0 Å². The molecule has 1 heterocycles. The first-order valence-corrected chi connectivity index (χ1v) is 7.59. The summed E-state index contributed by atoms with van der Waals surface area (Å²) >= 11 is 0. The summed E-state index contributed by atoms with van der Waals surface area (Å²) in [6.45, 7) is 3.13. The highest BCUT2D eigenvalue weighted by Crippen LogP contribution is 2.49. The second kappa shape index (κ2) is 4.84. The summed E-state index contributed by atoms with van der Waals surface area (Å²) in [6, 6.07) is 0.0797. The van der Waals surface area contributed by atoms with E-state index in [-0.39, 0.29) is 12.6 Å². The zero-order chi connectivity index (χ0) is 12.7. The topological polar surface area (TPSA) is 40.5 Å². The first kappa shape index (κ1) is 12.5. The smallest absolute Gasteiger partial charge is 0.223 e. The van der Waals surface area contributed by atoms with Gasteiger partial charge in [-0.15, -0.1) is 0 Å². The van der Waals surface area contributed by atoms with Crippen LogP contribution in [0.25, 0.3) is 0 Å². The van der Waals surface area contributed by atoms with E-state index in [1.165, 1.54) is 25.7 Å². The number of carbonyl (C=O) groups is 1. The lowest BCUT2D eigenvalue weighted by Gasteiger charge is -2.28. The molecule has 0 aromatic rings. The van der Waals surface area contributed by atoms with Crippen molar-refractivity contribution in [3.63, 3.8) is 0 Å². The third kappa shape index (κ3) is 2.07. The molecule has 1 aliphatic heterocycles. The molecule has 3 fully saturated rings. The van der Waals surface area contributed by atoms with Crippen LogP contribution in [0.4, 0.5) is 0 Å². The highest BCUT2D eigenvalue weighted by molar-refractivity contribution is 5.77. The zero-order valence-electron chi connectivity index (χ0n) is 11.3. The molecule has 2 aliphatic carbocycles. The molecule has 1 saturated heterocycles. The molecule has 0 aromatic heterocycles. The van der Waals surface area contributed by atoms with Crippen molar-refractivity contribution < 1.29 is 9.90 Å². The van der Waals surface area contributed by atoms with Crippen LogP contribution in [0.1, 0.15) is 45.4 Å². The van der Waals surface area contributed by atoms with Crippen LogP contribution in [0.2, 0.25) is 0 Å². The average molecular weight is 251 g/mol. The third-order valence-corrected chi connectivity index (χ3v) is 5.71. The SMILES string of the molecule is CC1CCN(C(=O)CC2CC3CCC2C3)C1CO. The van der Waals surface area contributed by atoms with Gasteiger partial charge in [-0.1, -0.05) is 13.3 Å². The van der Waals surface area contributed by atoms with E-state index in [2.05, 4.69) is 6.92 Å². The third-order valence-electron chi connectivity index (χ3n) is 5.71. The van der Waals surface area contributed by atoms with Crippen molar-refractivity contribution in [1.29, 1.82) is 0 Å². The van der Waals surface area contributed by atoms with Crippen LogP contribution in [0, 0.1) is 23.7 Å². The number of fused-ring (bicyclic) bond motifs is 2. The van der Waals surface area contributed by atoms with Gasteiger partial charge in [0.25, 0.3) is 0 Å². The molecule has 5 unspecified atom stereocenters. The molecular formula is C15H25NO2. The Morgan fingerprint density at radius 2 is 2.11 bits per heavy atom. The molecular weight excluding hydrogens is 226 g/mol. The summed E-state index contributed by atoms with van der Waals surface area (Å²) < 4.78 is 0. The van der Waals surface area contributed by atoms with Crippen molar-refractivity contribution >= 4 is 5.91 Å². The molecule has 2 saturated carbocycles. The number of likely N-dealkylation sites (tertiary alicyclic amines) is 1. The Morgan fingerprint density at radius 1 is 1.28 bits per heavy atom. The quantitative estimate of drug-likeness (QED) is 0.834. The van der Waals surface area contributed by atoms with Crippen LogP contribution >= 0.6 is 0 Å². The number of amides is 1. The lowest BCUT2D eigenvalue weighted by Crippen LogP contribution is -2.40. The van der Waals surface area contributed by atoms with Crippen molar-refractivity contribution in [2.75, 3.05) is 13.2 Å². The highest BCUT2D eigenvalue weighted by Gasteiger charge is 2.42. The van der Waals surface area contributed by atoms with Gasteiger partial charge in [-0.3, -0.25) is 4.79 Å². The fourth-order valence-electron chi connectivity index (χ4n) is 4.56. The summed E-state index contributed by atoms with van der Waals surface area (Å²) in [6.07, 6.45) is 7.19. The second-order valence-electron chi connectivity index (χ2n) is 6.74.